The summed E-state index contributed by atoms with van der Waals surface area (Å²) < 4.78 is 10.8. The van der Waals surface area contributed by atoms with Gasteiger partial charge in [0.2, 0.25) is 11.8 Å². The van der Waals surface area contributed by atoms with Crippen LogP contribution in [0.25, 0.3) is 0 Å². The minimum absolute atomic E-state index is 0. The number of aromatic nitrogens is 2. The van der Waals surface area contributed by atoms with Crippen molar-refractivity contribution >= 4 is 24.3 Å². The molecule has 0 bridgehead atoms. The first-order valence-corrected chi connectivity index (χ1v) is 14.5. The molecule has 1 saturated heterocycles. The van der Waals surface area contributed by atoms with Crippen LogP contribution >= 0.6 is 12.4 Å². The van der Waals surface area contributed by atoms with Crippen LogP contribution in [0.5, 0.6) is 5.88 Å². The molecule has 0 radical (unpaired) electrons. The second kappa shape index (κ2) is 14.8. The fraction of sp³-hybridized carbons (Fsp3) is 0.324. The Morgan fingerprint density at radius 2 is 1.31 bits per heavy atom. The number of rotatable bonds is 11. The highest BCUT2D eigenvalue weighted by Crippen LogP contribution is 2.42. The molecule has 1 aliphatic heterocycles. The summed E-state index contributed by atoms with van der Waals surface area (Å²) in [4.78, 5) is 26.1. The minimum atomic E-state index is -0.467. The van der Waals surface area contributed by atoms with E-state index in [4.69, 9.17) is 9.47 Å². The van der Waals surface area contributed by atoms with Crippen molar-refractivity contribution in [1.82, 2.24) is 14.9 Å². The minimum Gasteiger partial charge on any atom is -0.477 e. The lowest BCUT2D eigenvalue weighted by atomic mass is 9.67. The molecule has 1 aliphatic rings. The van der Waals surface area contributed by atoms with Gasteiger partial charge in [-0.2, -0.15) is 4.98 Å². The molecule has 42 heavy (non-hydrogen) atoms. The largest absolute Gasteiger partial charge is 0.477 e. The van der Waals surface area contributed by atoms with Crippen molar-refractivity contribution in [3.05, 3.63) is 119 Å². The first kappa shape index (κ1) is 31.0. The van der Waals surface area contributed by atoms with Gasteiger partial charge in [-0.15, -0.1) is 12.4 Å². The van der Waals surface area contributed by atoms with Crippen molar-refractivity contribution in [3.63, 3.8) is 0 Å². The average Bonchev–Trinajstić information content (AvgIpc) is 3.03. The smallest absolute Gasteiger partial charge is 0.345 e. The van der Waals surface area contributed by atoms with Crippen molar-refractivity contribution in [1.29, 1.82) is 0 Å². The number of carbonyl (C=O) groups excluding carboxylic acids is 1. The normalized spacial score (nSPS) is 13.7. The molecule has 3 aromatic carbocycles. The predicted molar refractivity (Wildman–Crippen MR) is 169 cm³/mol. The van der Waals surface area contributed by atoms with Gasteiger partial charge in [0, 0.05) is 31.6 Å². The van der Waals surface area contributed by atoms with Gasteiger partial charge in [-0.1, -0.05) is 91.0 Å². The van der Waals surface area contributed by atoms with Gasteiger partial charge in [-0.25, -0.2) is 9.78 Å². The van der Waals surface area contributed by atoms with E-state index in [0.29, 0.717) is 12.6 Å². The summed E-state index contributed by atoms with van der Waals surface area (Å²) in [6.07, 6.45) is 2.47. The van der Waals surface area contributed by atoms with Crippen LogP contribution in [-0.2, 0) is 10.2 Å². The van der Waals surface area contributed by atoms with E-state index in [1.54, 1.807) is 6.92 Å². The zero-order valence-corrected chi connectivity index (χ0v) is 25.1. The Balaban J connectivity index is 0.00000405. The molecular weight excluding hydrogens is 548 g/mol. The van der Waals surface area contributed by atoms with Crippen molar-refractivity contribution in [2.75, 3.05) is 50.8 Å². The highest BCUT2D eigenvalue weighted by Gasteiger charge is 2.36. The third kappa shape index (κ3) is 6.75. The summed E-state index contributed by atoms with van der Waals surface area (Å²) in [5.74, 6) is 0.385. The van der Waals surface area contributed by atoms with Gasteiger partial charge in [0.05, 0.1) is 19.4 Å². The molecule has 7 nitrogen and oxygen atoms in total. The zero-order chi connectivity index (χ0) is 28.5. The molecule has 0 unspecified atom stereocenters. The molecule has 0 spiro atoms. The molecule has 2 heterocycles. The van der Waals surface area contributed by atoms with Gasteiger partial charge in [-0.3, -0.25) is 4.90 Å². The molecule has 0 atom stereocenters. The Bertz CT molecular complexity index is 1300. The molecule has 220 valence electrons. The quantitative estimate of drug-likeness (QED) is 0.157. The van der Waals surface area contributed by atoms with E-state index in [-0.39, 0.29) is 35.9 Å². The van der Waals surface area contributed by atoms with E-state index in [9.17, 15) is 4.79 Å². The van der Waals surface area contributed by atoms with E-state index >= 15 is 0 Å². The molecule has 1 fully saturated rings. The van der Waals surface area contributed by atoms with Crippen molar-refractivity contribution < 1.29 is 14.3 Å². The van der Waals surface area contributed by atoms with Crippen LogP contribution in [0, 0.1) is 0 Å². The first-order valence-electron chi connectivity index (χ1n) is 14.5. The lowest BCUT2D eigenvalue weighted by Gasteiger charge is -2.40. The monoisotopic (exact) mass is 586 g/mol. The summed E-state index contributed by atoms with van der Waals surface area (Å²) in [5, 5.41) is 0. The van der Waals surface area contributed by atoms with Gasteiger partial charge in [0.25, 0.3) is 0 Å². The number of ether oxygens (including phenoxy) is 2. The second-order valence-corrected chi connectivity index (χ2v) is 10.1. The van der Waals surface area contributed by atoms with E-state index < -0.39 is 5.97 Å². The van der Waals surface area contributed by atoms with Crippen LogP contribution in [0.4, 0.5) is 5.95 Å². The maximum absolute atomic E-state index is 12.3. The van der Waals surface area contributed by atoms with Gasteiger partial charge in [0.15, 0.2) is 0 Å². The SMILES string of the molecule is CCOC(=O)c1cnc(N2CCN(CCC(c3ccccc3)(c3ccccc3)c3ccccc3)CC2)nc1OCC.Cl. The predicted octanol–water partition coefficient (Wildman–Crippen LogP) is 6.02. The van der Waals surface area contributed by atoms with Crippen LogP contribution in [-0.4, -0.2) is 66.8 Å². The second-order valence-electron chi connectivity index (χ2n) is 10.1. The molecule has 1 aromatic heterocycles. The Morgan fingerprint density at radius 1 is 0.786 bits per heavy atom. The average molecular weight is 587 g/mol. The topological polar surface area (TPSA) is 67.8 Å². The van der Waals surface area contributed by atoms with E-state index in [1.807, 2.05) is 6.92 Å². The standard InChI is InChI=1S/C34H38N4O3.ClH/c1-3-40-31-30(32(39)41-4-2)26-35-33(36-31)38-24-22-37(23-25-38)21-20-34(27-14-8-5-9-15-27,28-16-10-6-11-17-28)29-18-12-7-13-19-29;/h5-19,26H,3-4,20-25H2,1-2H3;1H. The maximum Gasteiger partial charge on any atom is 0.345 e. The molecule has 0 amide bonds. The number of piperazine rings is 1. The molecule has 0 aliphatic carbocycles. The Morgan fingerprint density at radius 3 is 1.79 bits per heavy atom. The van der Waals surface area contributed by atoms with E-state index in [0.717, 1.165) is 39.1 Å². The number of anilines is 1. The summed E-state index contributed by atoms with van der Waals surface area (Å²) in [5.41, 5.74) is 3.90. The van der Waals surface area contributed by atoms with Gasteiger partial charge in [0.1, 0.15) is 5.56 Å². The first-order chi connectivity index (χ1) is 20.2. The fourth-order valence-corrected chi connectivity index (χ4v) is 5.70. The maximum atomic E-state index is 12.3. The fourth-order valence-electron chi connectivity index (χ4n) is 5.70. The van der Waals surface area contributed by atoms with Gasteiger partial charge < -0.3 is 14.4 Å². The van der Waals surface area contributed by atoms with Crippen molar-refractivity contribution in [3.8, 4) is 5.88 Å². The van der Waals surface area contributed by atoms with Gasteiger partial charge >= 0.3 is 5.97 Å². The third-order valence-corrected chi connectivity index (χ3v) is 7.78. The number of hydrogen-bond acceptors (Lipinski definition) is 7. The number of carbonyl (C=O) groups is 1. The number of benzene rings is 3. The highest BCUT2D eigenvalue weighted by atomic mass is 35.5. The molecule has 4 aromatic rings. The Hall–Kier alpha value is -3.94. The van der Waals surface area contributed by atoms with Crippen LogP contribution in [0.2, 0.25) is 0 Å². The van der Waals surface area contributed by atoms with E-state index in [1.165, 1.54) is 22.9 Å². The molecule has 0 N–H and O–H groups in total. The Labute approximate surface area is 254 Å². The third-order valence-electron chi connectivity index (χ3n) is 7.78. The lowest BCUT2D eigenvalue weighted by molar-refractivity contribution is 0.0520. The summed E-state index contributed by atoms with van der Waals surface area (Å²) >= 11 is 0. The van der Waals surface area contributed by atoms with Crippen molar-refractivity contribution in [2.24, 2.45) is 0 Å². The van der Waals surface area contributed by atoms with Crippen molar-refractivity contribution in [2.45, 2.75) is 25.7 Å². The Kier molecular flexibility index (Phi) is 10.9. The number of hydrogen-bond donors (Lipinski definition) is 0. The molecular formula is C34H39ClN4O3. The summed E-state index contributed by atoms with van der Waals surface area (Å²) in [6.45, 7) is 8.64. The summed E-state index contributed by atoms with van der Waals surface area (Å²) in [7, 11) is 0. The highest BCUT2D eigenvalue weighted by molar-refractivity contribution is 5.91. The van der Waals surface area contributed by atoms with E-state index in [2.05, 4.69) is 111 Å². The zero-order valence-electron chi connectivity index (χ0n) is 24.3. The number of nitrogens with zero attached hydrogens (tertiary/aromatic N) is 4. The summed E-state index contributed by atoms with van der Waals surface area (Å²) in [6, 6.07) is 32.6. The van der Waals surface area contributed by atoms with Gasteiger partial charge in [-0.05, 0) is 43.5 Å². The van der Waals surface area contributed by atoms with Crippen LogP contribution in [0.1, 0.15) is 47.3 Å². The molecule has 5 rings (SSSR count). The molecule has 8 heteroatoms. The number of esters is 1. The van der Waals surface area contributed by atoms with Crippen LogP contribution in [0.15, 0.2) is 97.2 Å². The van der Waals surface area contributed by atoms with Crippen LogP contribution in [0.3, 0.4) is 0 Å². The lowest BCUT2D eigenvalue weighted by Crippen LogP contribution is -2.48. The number of halogens is 1. The van der Waals surface area contributed by atoms with Crippen LogP contribution < -0.4 is 9.64 Å². The molecule has 0 saturated carbocycles.